The maximum atomic E-state index is 6.49. The van der Waals surface area contributed by atoms with E-state index in [1.807, 2.05) is 7.11 Å². The number of methoxy groups -OCH3 is 1. The minimum Gasteiger partial charge on any atom is -0.377 e. The zero-order valence-electron chi connectivity index (χ0n) is 11.9. The molecule has 1 aromatic carbocycles. The van der Waals surface area contributed by atoms with Crippen LogP contribution >= 0.6 is 0 Å². The van der Waals surface area contributed by atoms with E-state index in [1.54, 1.807) is 0 Å². The van der Waals surface area contributed by atoms with Gasteiger partial charge in [-0.15, -0.1) is 0 Å². The SMILES string of the molecule is COC1(C(N)CC2CCCc3ccccc32)CCC1. The number of nitrogens with two attached hydrogens (primary N) is 1. The average molecular weight is 259 g/mol. The van der Waals surface area contributed by atoms with Crippen LogP contribution in [-0.4, -0.2) is 18.8 Å². The second-order valence-electron chi connectivity index (χ2n) is 6.25. The second-order valence-corrected chi connectivity index (χ2v) is 6.25. The Balaban J connectivity index is 1.74. The van der Waals surface area contributed by atoms with Crippen LogP contribution in [0.15, 0.2) is 24.3 Å². The van der Waals surface area contributed by atoms with E-state index in [9.17, 15) is 0 Å². The smallest absolute Gasteiger partial charge is 0.0829 e. The molecule has 104 valence electrons. The van der Waals surface area contributed by atoms with Gasteiger partial charge in [-0.25, -0.2) is 0 Å². The molecule has 0 aliphatic heterocycles. The van der Waals surface area contributed by atoms with Crippen molar-refractivity contribution in [2.24, 2.45) is 5.73 Å². The van der Waals surface area contributed by atoms with Crippen LogP contribution in [0.1, 0.15) is 55.6 Å². The van der Waals surface area contributed by atoms with Gasteiger partial charge >= 0.3 is 0 Å². The summed E-state index contributed by atoms with van der Waals surface area (Å²) in [4.78, 5) is 0. The fraction of sp³-hybridized carbons (Fsp3) is 0.647. The molecule has 2 unspecified atom stereocenters. The molecule has 2 atom stereocenters. The molecular formula is C17H25NO. The van der Waals surface area contributed by atoms with E-state index in [0.29, 0.717) is 5.92 Å². The molecule has 1 aromatic rings. The molecule has 3 rings (SSSR count). The highest BCUT2D eigenvalue weighted by Crippen LogP contribution is 2.42. The van der Waals surface area contributed by atoms with Gasteiger partial charge in [0.25, 0.3) is 0 Å². The van der Waals surface area contributed by atoms with Gasteiger partial charge in [-0.2, -0.15) is 0 Å². The van der Waals surface area contributed by atoms with Crippen LogP contribution in [0.3, 0.4) is 0 Å². The number of benzene rings is 1. The standard InChI is InChI=1S/C17H25NO/c1-19-17(10-5-11-17)16(18)12-14-8-4-7-13-6-2-3-9-15(13)14/h2-3,6,9,14,16H,4-5,7-8,10-12,18H2,1H3. The van der Waals surface area contributed by atoms with E-state index in [2.05, 4.69) is 24.3 Å². The molecule has 2 heteroatoms. The van der Waals surface area contributed by atoms with Crippen molar-refractivity contribution >= 4 is 0 Å². The van der Waals surface area contributed by atoms with Crippen LogP contribution in [0.2, 0.25) is 0 Å². The first-order valence-electron chi connectivity index (χ1n) is 7.64. The van der Waals surface area contributed by atoms with Gasteiger partial charge in [0.15, 0.2) is 0 Å². The van der Waals surface area contributed by atoms with Gasteiger partial charge in [-0.3, -0.25) is 0 Å². The molecule has 1 saturated carbocycles. The maximum absolute atomic E-state index is 6.49. The van der Waals surface area contributed by atoms with E-state index in [1.165, 1.54) is 36.8 Å². The van der Waals surface area contributed by atoms with E-state index in [4.69, 9.17) is 10.5 Å². The molecule has 0 radical (unpaired) electrons. The van der Waals surface area contributed by atoms with Crippen molar-refractivity contribution in [2.75, 3.05) is 7.11 Å². The third kappa shape index (κ3) is 2.32. The monoisotopic (exact) mass is 259 g/mol. The van der Waals surface area contributed by atoms with E-state index in [-0.39, 0.29) is 11.6 Å². The average Bonchev–Trinajstić information content (AvgIpc) is 2.38. The molecule has 2 aliphatic carbocycles. The van der Waals surface area contributed by atoms with E-state index >= 15 is 0 Å². The van der Waals surface area contributed by atoms with E-state index < -0.39 is 0 Å². The molecule has 0 spiro atoms. The molecule has 1 fully saturated rings. The van der Waals surface area contributed by atoms with Crippen molar-refractivity contribution in [2.45, 2.75) is 62.5 Å². The first-order valence-corrected chi connectivity index (χ1v) is 7.64. The van der Waals surface area contributed by atoms with Crippen molar-refractivity contribution in [1.82, 2.24) is 0 Å². The van der Waals surface area contributed by atoms with Gasteiger partial charge in [0.1, 0.15) is 0 Å². The minimum atomic E-state index is -0.0214. The van der Waals surface area contributed by atoms with Crippen LogP contribution in [-0.2, 0) is 11.2 Å². The van der Waals surface area contributed by atoms with Gasteiger partial charge in [-0.05, 0) is 62.0 Å². The first-order chi connectivity index (χ1) is 9.25. The van der Waals surface area contributed by atoms with Gasteiger partial charge in [0, 0.05) is 13.2 Å². The van der Waals surface area contributed by atoms with Crippen LogP contribution in [0.25, 0.3) is 0 Å². The summed E-state index contributed by atoms with van der Waals surface area (Å²) in [7, 11) is 1.83. The van der Waals surface area contributed by atoms with Crippen LogP contribution in [0.4, 0.5) is 0 Å². The van der Waals surface area contributed by atoms with Crippen molar-refractivity contribution < 1.29 is 4.74 Å². The Morgan fingerprint density at radius 2 is 2.11 bits per heavy atom. The zero-order valence-corrected chi connectivity index (χ0v) is 11.9. The van der Waals surface area contributed by atoms with Crippen molar-refractivity contribution in [3.05, 3.63) is 35.4 Å². The lowest BCUT2D eigenvalue weighted by Gasteiger charge is -2.46. The third-order valence-corrected chi connectivity index (χ3v) is 5.31. The Morgan fingerprint density at radius 1 is 1.32 bits per heavy atom. The highest BCUT2D eigenvalue weighted by molar-refractivity contribution is 5.32. The van der Waals surface area contributed by atoms with Crippen LogP contribution in [0, 0.1) is 0 Å². The lowest BCUT2D eigenvalue weighted by molar-refractivity contribution is -0.0927. The van der Waals surface area contributed by atoms with Crippen molar-refractivity contribution in [1.29, 1.82) is 0 Å². The molecule has 0 aromatic heterocycles. The lowest BCUT2D eigenvalue weighted by Crippen LogP contribution is -2.54. The number of ether oxygens (including phenoxy) is 1. The molecule has 2 N–H and O–H groups in total. The minimum absolute atomic E-state index is 0.0214. The summed E-state index contributed by atoms with van der Waals surface area (Å²) in [5.74, 6) is 0.632. The molecule has 0 saturated heterocycles. The molecule has 2 aliphatic rings. The van der Waals surface area contributed by atoms with Crippen LogP contribution in [0.5, 0.6) is 0 Å². The zero-order chi connectivity index (χ0) is 13.3. The Labute approximate surface area is 116 Å². The highest BCUT2D eigenvalue weighted by Gasteiger charge is 2.43. The fourth-order valence-electron chi connectivity index (χ4n) is 3.87. The van der Waals surface area contributed by atoms with Crippen LogP contribution < -0.4 is 5.73 Å². The first kappa shape index (κ1) is 13.1. The summed E-state index contributed by atoms with van der Waals surface area (Å²) < 4.78 is 5.74. The van der Waals surface area contributed by atoms with Crippen molar-refractivity contribution in [3.63, 3.8) is 0 Å². The highest BCUT2D eigenvalue weighted by atomic mass is 16.5. The summed E-state index contributed by atoms with van der Waals surface area (Å²) in [6, 6.07) is 9.08. The predicted molar refractivity (Wildman–Crippen MR) is 78.3 cm³/mol. The van der Waals surface area contributed by atoms with Gasteiger partial charge in [0.2, 0.25) is 0 Å². The summed E-state index contributed by atoms with van der Waals surface area (Å²) >= 11 is 0. The molecule has 19 heavy (non-hydrogen) atoms. The fourth-order valence-corrected chi connectivity index (χ4v) is 3.87. The molecule has 0 bridgehead atoms. The summed E-state index contributed by atoms with van der Waals surface area (Å²) in [6.45, 7) is 0. The predicted octanol–water partition coefficient (Wildman–Crippen LogP) is 3.39. The maximum Gasteiger partial charge on any atom is 0.0829 e. The Kier molecular flexibility index (Phi) is 3.64. The topological polar surface area (TPSA) is 35.2 Å². The Morgan fingerprint density at radius 3 is 2.79 bits per heavy atom. The van der Waals surface area contributed by atoms with Crippen molar-refractivity contribution in [3.8, 4) is 0 Å². The third-order valence-electron chi connectivity index (χ3n) is 5.31. The number of aryl methyl sites for hydroxylation is 1. The molecule has 0 heterocycles. The number of hydrogen-bond donors (Lipinski definition) is 1. The largest absolute Gasteiger partial charge is 0.377 e. The van der Waals surface area contributed by atoms with Gasteiger partial charge in [0.05, 0.1) is 5.60 Å². The lowest BCUT2D eigenvalue weighted by atomic mass is 9.70. The molecular weight excluding hydrogens is 234 g/mol. The summed E-state index contributed by atoms with van der Waals surface area (Å²) in [5, 5.41) is 0. The second kappa shape index (κ2) is 5.26. The van der Waals surface area contributed by atoms with Gasteiger partial charge in [-0.1, -0.05) is 24.3 Å². The quantitative estimate of drug-likeness (QED) is 0.899. The summed E-state index contributed by atoms with van der Waals surface area (Å²) in [6.07, 6.45) is 8.43. The van der Waals surface area contributed by atoms with Gasteiger partial charge < -0.3 is 10.5 Å². The number of fused-ring (bicyclic) bond motifs is 1. The number of hydrogen-bond acceptors (Lipinski definition) is 2. The Bertz CT molecular complexity index is 433. The normalized spacial score (nSPS) is 26.3. The Hall–Kier alpha value is -0.860. The van der Waals surface area contributed by atoms with E-state index in [0.717, 1.165) is 19.3 Å². The summed E-state index contributed by atoms with van der Waals surface area (Å²) in [5.41, 5.74) is 9.54. The number of rotatable bonds is 4. The molecule has 0 amide bonds. The molecule has 2 nitrogen and oxygen atoms in total.